The van der Waals surface area contributed by atoms with Crippen molar-refractivity contribution >= 4 is 5.65 Å². The Morgan fingerprint density at radius 2 is 1.50 bits per heavy atom. The Labute approximate surface area is 112 Å². The summed E-state index contributed by atoms with van der Waals surface area (Å²) < 4.78 is 1.98. The highest BCUT2D eigenvalue weighted by atomic mass is 15.0. The van der Waals surface area contributed by atoms with Gasteiger partial charge in [-0.05, 0) is 13.8 Å². The van der Waals surface area contributed by atoms with Crippen molar-refractivity contribution in [1.29, 1.82) is 0 Å². The number of rotatable bonds is 0. The summed E-state index contributed by atoms with van der Waals surface area (Å²) in [6.07, 6.45) is 6.80. The quantitative estimate of drug-likeness (QED) is 0.672. The maximum absolute atomic E-state index is 4.20. The number of nitrogens with zero attached hydrogens (tertiary/aromatic N) is 3. The zero-order chi connectivity index (χ0) is 14.6. The molecule has 0 atom stereocenters. The van der Waals surface area contributed by atoms with Gasteiger partial charge in [-0.1, -0.05) is 48.0 Å². The van der Waals surface area contributed by atoms with Gasteiger partial charge in [0.2, 0.25) is 0 Å². The lowest BCUT2D eigenvalue weighted by molar-refractivity contribution is 0.975. The van der Waals surface area contributed by atoms with Crippen LogP contribution in [-0.4, -0.2) is 14.4 Å². The molecule has 18 heavy (non-hydrogen) atoms. The fourth-order valence-electron chi connectivity index (χ4n) is 1.17. The number of imidazole rings is 1. The molecule has 0 radical (unpaired) electrons. The van der Waals surface area contributed by atoms with Crippen LogP contribution in [-0.2, 0) is 0 Å². The van der Waals surface area contributed by atoms with Crippen LogP contribution in [0.4, 0.5) is 0 Å². The summed E-state index contributed by atoms with van der Waals surface area (Å²) in [5, 5.41) is 0. The first kappa shape index (κ1) is 19.0. The molecule has 104 valence electrons. The molecular weight excluding hydrogens is 222 g/mol. The first-order valence-electron chi connectivity index (χ1n) is 6.96. The minimum atomic E-state index is 0.975. The molecule has 0 N–H and O–H groups in total. The zero-order valence-corrected chi connectivity index (χ0v) is 13.3. The van der Waals surface area contributed by atoms with Crippen molar-refractivity contribution in [2.75, 3.05) is 0 Å². The molecule has 0 saturated heterocycles. The third-order valence-electron chi connectivity index (χ3n) is 1.79. The number of hydrogen-bond donors (Lipinski definition) is 0. The highest BCUT2D eigenvalue weighted by Crippen LogP contribution is 2.06. The molecule has 0 unspecified atom stereocenters. The Bertz CT molecular complexity index is 369. The molecule has 3 nitrogen and oxygen atoms in total. The predicted molar refractivity (Wildman–Crippen MR) is 81.1 cm³/mol. The molecule has 0 aliphatic rings. The highest BCUT2D eigenvalue weighted by Gasteiger charge is 1.99. The van der Waals surface area contributed by atoms with Crippen LogP contribution in [0.2, 0.25) is 0 Å². The van der Waals surface area contributed by atoms with Gasteiger partial charge in [-0.15, -0.1) is 0 Å². The Balaban J connectivity index is 0. The van der Waals surface area contributed by atoms with E-state index in [1.807, 2.05) is 58.3 Å². The van der Waals surface area contributed by atoms with Crippen molar-refractivity contribution in [1.82, 2.24) is 14.4 Å². The predicted octanol–water partition coefficient (Wildman–Crippen LogP) is 4.81. The number of hydrogen-bond acceptors (Lipinski definition) is 2. The summed E-state index contributed by atoms with van der Waals surface area (Å²) in [6.45, 7) is 16.2. The molecule has 0 amide bonds. The topological polar surface area (TPSA) is 30.2 Å². The highest BCUT2D eigenvalue weighted by molar-refractivity contribution is 5.45. The fraction of sp³-hybridized carbons (Fsp3) is 0.600. The number of fused-ring (bicyclic) bond motifs is 1. The first-order chi connectivity index (χ1) is 8.70. The molecule has 3 heteroatoms. The van der Waals surface area contributed by atoms with Gasteiger partial charge in [0, 0.05) is 24.2 Å². The minimum absolute atomic E-state index is 0.975. The lowest BCUT2D eigenvalue weighted by Gasteiger charge is -1.99. The van der Waals surface area contributed by atoms with Gasteiger partial charge < -0.3 is 0 Å². The van der Waals surface area contributed by atoms with Gasteiger partial charge in [0.05, 0.1) is 0 Å². The molecule has 0 aromatic carbocycles. The molecule has 0 aliphatic heterocycles. The second-order valence-electron chi connectivity index (χ2n) is 3.32. The number of aromatic nitrogens is 3. The maximum atomic E-state index is 4.20. The van der Waals surface area contributed by atoms with Crippen LogP contribution in [0.5, 0.6) is 0 Å². The van der Waals surface area contributed by atoms with Crippen LogP contribution in [0.3, 0.4) is 0 Å². The first-order valence-corrected chi connectivity index (χ1v) is 6.96. The van der Waals surface area contributed by atoms with E-state index in [1.54, 1.807) is 6.20 Å². The third kappa shape index (κ3) is 5.80. The standard InChI is InChI=1S/C8H9N3.C3H8.2C2H6/c1-6-5-10-7(2)11-4-3-9-8(6)11;1-3-2;2*1-2/h3-5H,1-2H3;3H2,1-2H3;2*1-2H3. The van der Waals surface area contributed by atoms with Crippen LogP contribution in [0.15, 0.2) is 18.6 Å². The maximum Gasteiger partial charge on any atom is 0.142 e. The van der Waals surface area contributed by atoms with Gasteiger partial charge >= 0.3 is 0 Å². The van der Waals surface area contributed by atoms with Gasteiger partial charge in [-0.25, -0.2) is 9.97 Å². The minimum Gasteiger partial charge on any atom is -0.288 e. The van der Waals surface area contributed by atoms with E-state index in [9.17, 15) is 0 Å². The Hall–Kier alpha value is -1.38. The van der Waals surface area contributed by atoms with Crippen molar-refractivity contribution in [3.63, 3.8) is 0 Å². The van der Waals surface area contributed by atoms with Gasteiger partial charge in [-0.3, -0.25) is 4.40 Å². The zero-order valence-electron chi connectivity index (χ0n) is 13.3. The lowest BCUT2D eigenvalue weighted by Crippen LogP contribution is -1.95. The summed E-state index contributed by atoms with van der Waals surface area (Å²) in [5.41, 5.74) is 2.11. The van der Waals surface area contributed by atoms with Crippen molar-refractivity contribution in [2.24, 2.45) is 0 Å². The Kier molecular flexibility index (Phi) is 12.7. The monoisotopic (exact) mass is 251 g/mol. The smallest absolute Gasteiger partial charge is 0.142 e. The fourth-order valence-corrected chi connectivity index (χ4v) is 1.17. The van der Waals surface area contributed by atoms with E-state index in [2.05, 4.69) is 23.8 Å². The van der Waals surface area contributed by atoms with Crippen LogP contribution in [0, 0.1) is 13.8 Å². The molecule has 0 bridgehead atoms. The van der Waals surface area contributed by atoms with Crippen molar-refractivity contribution in [3.8, 4) is 0 Å². The molecule has 2 aromatic heterocycles. The Morgan fingerprint density at radius 3 is 1.94 bits per heavy atom. The normalized spacial score (nSPS) is 8.22. The molecule has 2 aromatic rings. The average Bonchev–Trinajstić information content (AvgIpc) is 2.90. The van der Waals surface area contributed by atoms with Gasteiger partial charge in [0.15, 0.2) is 0 Å². The summed E-state index contributed by atoms with van der Waals surface area (Å²) >= 11 is 0. The van der Waals surface area contributed by atoms with E-state index in [4.69, 9.17) is 0 Å². The lowest BCUT2D eigenvalue weighted by atomic mass is 10.4. The molecule has 0 aliphatic carbocycles. The summed E-state index contributed by atoms with van der Waals surface area (Å²) in [7, 11) is 0. The summed E-state index contributed by atoms with van der Waals surface area (Å²) in [6, 6.07) is 0. The van der Waals surface area contributed by atoms with E-state index in [0.29, 0.717) is 0 Å². The Morgan fingerprint density at radius 1 is 1.00 bits per heavy atom. The third-order valence-corrected chi connectivity index (χ3v) is 1.79. The van der Waals surface area contributed by atoms with Crippen LogP contribution in [0.1, 0.15) is 59.4 Å². The molecule has 2 rings (SSSR count). The van der Waals surface area contributed by atoms with E-state index in [-0.39, 0.29) is 0 Å². The molecular formula is C15H29N3. The number of aryl methyl sites for hydroxylation is 2. The van der Waals surface area contributed by atoms with Gasteiger partial charge in [0.1, 0.15) is 11.5 Å². The largest absolute Gasteiger partial charge is 0.288 e. The van der Waals surface area contributed by atoms with Gasteiger partial charge in [-0.2, -0.15) is 0 Å². The van der Waals surface area contributed by atoms with Crippen LogP contribution < -0.4 is 0 Å². The average molecular weight is 251 g/mol. The summed E-state index contributed by atoms with van der Waals surface area (Å²) in [5.74, 6) is 0.975. The van der Waals surface area contributed by atoms with Crippen LogP contribution in [0.25, 0.3) is 5.65 Å². The molecule has 0 spiro atoms. The van der Waals surface area contributed by atoms with E-state index in [1.165, 1.54) is 6.42 Å². The second-order valence-corrected chi connectivity index (χ2v) is 3.32. The SMILES string of the molecule is CC.CC.CCC.Cc1cnc(C)n2ccnc12. The van der Waals surface area contributed by atoms with E-state index in [0.717, 1.165) is 17.0 Å². The molecule has 0 fully saturated rings. The van der Waals surface area contributed by atoms with Crippen LogP contribution >= 0.6 is 0 Å². The van der Waals surface area contributed by atoms with Crippen molar-refractivity contribution < 1.29 is 0 Å². The van der Waals surface area contributed by atoms with Gasteiger partial charge in [0.25, 0.3) is 0 Å². The van der Waals surface area contributed by atoms with E-state index >= 15 is 0 Å². The molecule has 2 heterocycles. The van der Waals surface area contributed by atoms with Crippen molar-refractivity contribution in [3.05, 3.63) is 30.0 Å². The van der Waals surface area contributed by atoms with E-state index < -0.39 is 0 Å². The summed E-state index contributed by atoms with van der Waals surface area (Å²) in [4.78, 5) is 8.40. The second kappa shape index (κ2) is 12.1. The van der Waals surface area contributed by atoms with Crippen molar-refractivity contribution in [2.45, 2.75) is 61.8 Å². The molecule has 0 saturated carbocycles.